The van der Waals surface area contributed by atoms with Crippen molar-refractivity contribution in [1.29, 1.82) is 0 Å². The van der Waals surface area contributed by atoms with Crippen LogP contribution in [-0.4, -0.2) is 104 Å². The normalized spacial score (nSPS) is 12.0. The second-order valence-electron chi connectivity index (χ2n) is 27.6. The number of hydrogen-bond acceptors (Lipinski definition) is 25. The molecule has 0 bridgehead atoms. The lowest BCUT2D eigenvalue weighted by molar-refractivity contribution is -0.385. The van der Waals surface area contributed by atoms with E-state index in [2.05, 4.69) is 60.7 Å². The molecular weight excluding hydrogens is 1730 g/mol. The van der Waals surface area contributed by atoms with Crippen LogP contribution in [0.1, 0.15) is 181 Å². The number of halogens is 3. The first-order valence-electron chi connectivity index (χ1n) is 35.2. The molecule has 113 heavy (non-hydrogen) atoms. The summed E-state index contributed by atoms with van der Waals surface area (Å²) in [6.45, 7) is 25.4. The van der Waals surface area contributed by atoms with Crippen molar-refractivity contribution in [2.75, 3.05) is 5.33 Å². The van der Waals surface area contributed by atoms with Gasteiger partial charge in [0.15, 0.2) is 0 Å². The summed E-state index contributed by atoms with van der Waals surface area (Å²) >= 11 is 12.5. The molecule has 0 aliphatic rings. The predicted octanol–water partition coefficient (Wildman–Crippen LogP) is 17.0. The molecule has 8 rings (SSSR count). The number of alkyl halides is 1. The van der Waals surface area contributed by atoms with Crippen LogP contribution in [0.3, 0.4) is 0 Å². The molecule has 0 saturated heterocycles. The zero-order valence-corrected chi connectivity index (χ0v) is 73.8. The van der Waals surface area contributed by atoms with Gasteiger partial charge in [0.25, 0.3) is 22.7 Å². The standard InChI is InChI=1S/C27H32N4O5S.C14H19N3O4S.2C13H15N3O2S.C6H12O2.C4H7BrO.2BrH/c1-5-20-17-37-25(28-20)23(16-19-11-13-21(14-12-19)31(34)35)29-24(32)22(15-18-9-7-6-8-10-18)30-26(33)36-27(2,3)4;1-14(2,3)21-13(18)16-11(12(15)22)8-9-4-6-10(7-5-9)17(19)20;2*1-2-10-8-19-13(15-10)12(14)7-9-3-5-11(6-4-9)16(17)18;1-5(7)8-6(2,3)4;1-2-4(6)3-5;;/h6-14,17,22-23H,5,15-16H2,1-4H3,(H,29,32)(H,30,33);4-7,11H,8H2,1-3H3,(H2,15,22)(H,16,18);2*3-6,8,12H,2,7,14H2,1H3;1-4H3;2-3H2,1H3;2*1H/t22-,23-;11-;2*12-;;;;/m0000..../s1. The second-order valence-corrected chi connectivity index (χ2v) is 31.3. The zero-order chi connectivity index (χ0) is 83.3. The number of nitrogens with one attached hydrogen (secondary N) is 3. The van der Waals surface area contributed by atoms with Gasteiger partial charge in [-0.1, -0.05) is 135 Å². The van der Waals surface area contributed by atoms with Gasteiger partial charge in [-0.25, -0.2) is 24.5 Å². The zero-order valence-electron chi connectivity index (χ0n) is 65.5. The summed E-state index contributed by atoms with van der Waals surface area (Å²) < 4.78 is 15.3. The van der Waals surface area contributed by atoms with Crippen LogP contribution in [-0.2, 0) is 80.0 Å². The summed E-state index contributed by atoms with van der Waals surface area (Å²) in [5, 5.41) is 60.2. The molecule has 36 heteroatoms. The van der Waals surface area contributed by atoms with Crippen molar-refractivity contribution in [2.45, 2.75) is 202 Å². The van der Waals surface area contributed by atoms with Gasteiger partial charge < -0.3 is 47.4 Å². The molecule has 5 aromatic carbocycles. The van der Waals surface area contributed by atoms with E-state index >= 15 is 0 Å². The number of non-ortho nitro benzene ring substituents is 4. The molecule has 0 fully saturated rings. The number of benzene rings is 5. The summed E-state index contributed by atoms with van der Waals surface area (Å²) in [5.41, 5.74) is 23.8. The van der Waals surface area contributed by atoms with E-state index < -0.39 is 61.2 Å². The fraction of sp³-hybridized carbons (Fsp3) is 0.416. The maximum absolute atomic E-state index is 13.5. The predicted molar refractivity (Wildman–Crippen MR) is 461 cm³/mol. The largest absolute Gasteiger partial charge is 0.460 e. The molecule has 9 N–H and O–H groups in total. The minimum absolute atomic E-state index is 0. The van der Waals surface area contributed by atoms with E-state index in [0.29, 0.717) is 37.4 Å². The third kappa shape index (κ3) is 41.6. The Labute approximate surface area is 705 Å². The number of aryl methyl sites for hydroxylation is 3. The number of nitrogens with two attached hydrogens (primary N) is 3. The van der Waals surface area contributed by atoms with Gasteiger partial charge in [0.1, 0.15) is 43.7 Å². The van der Waals surface area contributed by atoms with Crippen molar-refractivity contribution >= 4 is 154 Å². The van der Waals surface area contributed by atoms with E-state index in [1.807, 2.05) is 81.1 Å². The number of nitro groups is 4. The number of amides is 3. The van der Waals surface area contributed by atoms with Gasteiger partial charge in [-0.05, 0) is 135 Å². The first-order valence-corrected chi connectivity index (χ1v) is 39.4. The van der Waals surface area contributed by atoms with Gasteiger partial charge in [0.05, 0.1) is 71.3 Å². The lowest BCUT2D eigenvalue weighted by atomic mass is 10.0. The van der Waals surface area contributed by atoms with Gasteiger partial charge in [0, 0.05) is 84.4 Å². The molecule has 3 amide bonds. The molecule has 3 heterocycles. The number of ketones is 1. The number of Topliss-reactive ketones (excluding diaryl/α,β-unsaturated/α-hetero) is 1. The number of rotatable bonds is 27. The Bertz CT molecular complexity index is 4180. The van der Waals surface area contributed by atoms with E-state index in [4.69, 9.17) is 43.6 Å². The highest BCUT2D eigenvalue weighted by atomic mass is 79.9. The number of carbonyl (C=O) groups is 5. The average Bonchev–Trinajstić information content (AvgIpc) is 1.78. The number of esters is 1. The Morgan fingerprint density at radius 1 is 0.469 bits per heavy atom. The summed E-state index contributed by atoms with van der Waals surface area (Å²) in [5.74, 6) is -0.345. The van der Waals surface area contributed by atoms with Gasteiger partial charge in [-0.15, -0.1) is 68.0 Å². The summed E-state index contributed by atoms with van der Waals surface area (Å²) in [4.78, 5) is 113. The molecule has 29 nitrogen and oxygen atoms in total. The molecule has 8 aromatic rings. The smallest absolute Gasteiger partial charge is 0.408 e. The number of nitrogens with zero attached hydrogens (tertiary/aromatic N) is 7. The molecule has 616 valence electrons. The van der Waals surface area contributed by atoms with Gasteiger partial charge >= 0.3 is 18.2 Å². The van der Waals surface area contributed by atoms with Gasteiger partial charge in [-0.2, -0.15) is 0 Å². The van der Waals surface area contributed by atoms with Crippen LogP contribution < -0.4 is 33.2 Å². The maximum atomic E-state index is 13.5. The highest BCUT2D eigenvalue weighted by Gasteiger charge is 2.29. The molecule has 0 spiro atoms. The topological polar surface area (TPSA) is 438 Å². The van der Waals surface area contributed by atoms with Crippen LogP contribution in [0.25, 0.3) is 0 Å². The molecule has 0 radical (unpaired) electrons. The number of carbonyl (C=O) groups excluding carboxylic acids is 5. The molecule has 0 aliphatic carbocycles. The fourth-order valence-corrected chi connectivity index (χ4v) is 12.6. The highest BCUT2D eigenvalue weighted by molar-refractivity contribution is 9.09. The van der Waals surface area contributed by atoms with Crippen LogP contribution in [0, 0.1) is 40.5 Å². The molecule has 0 unspecified atom stereocenters. The summed E-state index contributed by atoms with van der Waals surface area (Å²) in [6.07, 6.45) is 4.15. The number of nitro benzene ring substituents is 4. The minimum Gasteiger partial charge on any atom is -0.460 e. The quantitative estimate of drug-likeness (QED) is 0.00695. The van der Waals surface area contributed by atoms with E-state index in [9.17, 15) is 64.4 Å². The van der Waals surface area contributed by atoms with Crippen LogP contribution in [0.5, 0.6) is 0 Å². The fourth-order valence-electron chi connectivity index (χ4n) is 9.30. The van der Waals surface area contributed by atoms with Crippen molar-refractivity contribution in [1.82, 2.24) is 30.9 Å². The monoisotopic (exact) mass is 1830 g/mol. The van der Waals surface area contributed by atoms with Crippen molar-refractivity contribution in [3.05, 3.63) is 244 Å². The molecule has 0 aliphatic heterocycles. The molecular formula is C77H102Br3N13O16S4. The Balaban J connectivity index is 0.000000731. The van der Waals surface area contributed by atoms with Gasteiger partial charge in [-0.3, -0.25) is 54.8 Å². The number of thiazole rings is 3. The second kappa shape index (κ2) is 51.0. The van der Waals surface area contributed by atoms with Gasteiger partial charge in [0.2, 0.25) is 5.91 Å². The van der Waals surface area contributed by atoms with E-state index in [0.717, 1.165) is 79.2 Å². The lowest BCUT2D eigenvalue weighted by Gasteiger charge is -2.25. The van der Waals surface area contributed by atoms with Crippen LogP contribution in [0.4, 0.5) is 32.3 Å². The number of alkyl carbamates (subject to hydrolysis) is 2. The molecule has 3 aromatic heterocycles. The number of thiocarbonyl (C=S) groups is 1. The van der Waals surface area contributed by atoms with E-state index in [1.165, 1.54) is 66.8 Å². The number of aromatic nitrogens is 3. The van der Waals surface area contributed by atoms with Crippen LogP contribution in [0.2, 0.25) is 0 Å². The Morgan fingerprint density at radius 3 is 1.04 bits per heavy atom. The summed E-state index contributed by atoms with van der Waals surface area (Å²) in [6, 6.07) is 32.3. The van der Waals surface area contributed by atoms with Crippen LogP contribution in [0.15, 0.2) is 144 Å². The Morgan fingerprint density at radius 2 is 0.770 bits per heavy atom. The number of hydrogen-bond donors (Lipinski definition) is 6. The minimum atomic E-state index is -0.887. The van der Waals surface area contributed by atoms with Crippen molar-refractivity contribution in [2.24, 2.45) is 17.2 Å². The number of ether oxygens (including phenoxy) is 3. The third-order valence-electron chi connectivity index (χ3n) is 14.7. The van der Waals surface area contributed by atoms with E-state index in [-0.39, 0.29) is 103 Å². The average molecular weight is 1830 g/mol. The summed E-state index contributed by atoms with van der Waals surface area (Å²) in [7, 11) is 0. The highest BCUT2D eigenvalue weighted by Crippen LogP contribution is 2.27. The van der Waals surface area contributed by atoms with Crippen molar-refractivity contribution < 1.29 is 57.9 Å². The first-order chi connectivity index (χ1) is 52.0. The van der Waals surface area contributed by atoms with Crippen molar-refractivity contribution in [3.63, 3.8) is 0 Å². The Hall–Kier alpha value is -9.01. The van der Waals surface area contributed by atoms with Crippen molar-refractivity contribution in [3.8, 4) is 0 Å². The molecule has 5 atom stereocenters. The third-order valence-corrected chi connectivity index (χ3v) is 18.7. The lowest BCUT2D eigenvalue weighted by Crippen LogP contribution is -2.50. The maximum Gasteiger partial charge on any atom is 0.408 e. The Kier molecular flexibility index (Phi) is 46.0. The van der Waals surface area contributed by atoms with E-state index in [1.54, 1.807) is 113 Å². The molecule has 0 saturated carbocycles. The SMILES string of the molecule is Br.Br.CC(=O)OC(C)(C)C.CC(C)(C)OC(=O)N[C@@H](Cc1ccc([N+](=O)[O-])cc1)C(N)=S.CCC(=O)CBr.CCc1csc([C@@H](N)Cc2ccc([N+](=O)[O-])cc2)n1.CCc1csc([C@@H](N)Cc2ccc([N+](=O)[O-])cc2)n1.CCc1csc([C@H](Cc2ccc([N+](=O)[O-])cc2)NC(=O)[C@H](Cc2ccccc2)NC(=O)OC(C)(C)C)n1. The van der Waals surface area contributed by atoms with Crippen LogP contribution >= 0.6 is 96.1 Å². The first kappa shape index (κ1) is 102.